The van der Waals surface area contributed by atoms with Gasteiger partial charge < -0.3 is 14.8 Å². The van der Waals surface area contributed by atoms with Crippen LogP contribution in [0.15, 0.2) is 34.1 Å². The summed E-state index contributed by atoms with van der Waals surface area (Å²) in [6.45, 7) is 18.5. The maximum atomic E-state index is 13.5. The van der Waals surface area contributed by atoms with Crippen molar-refractivity contribution in [3.63, 3.8) is 0 Å². The number of amides is 1. The zero-order valence-corrected chi connectivity index (χ0v) is 25.0. The highest BCUT2D eigenvalue weighted by Crippen LogP contribution is 2.31. The molecule has 38 heavy (non-hydrogen) atoms. The number of anilines is 2. The van der Waals surface area contributed by atoms with Crippen LogP contribution in [0, 0.1) is 5.92 Å². The third-order valence-corrected chi connectivity index (χ3v) is 6.02. The fraction of sp³-hybridized carbons (Fsp3) is 0.571. The number of aromatic nitrogens is 2. The Bertz CT molecular complexity index is 1190. The van der Waals surface area contributed by atoms with Crippen molar-refractivity contribution in [2.24, 2.45) is 5.92 Å². The zero-order chi connectivity index (χ0) is 28.8. The van der Waals surface area contributed by atoms with Crippen molar-refractivity contribution < 1.29 is 19.1 Å². The van der Waals surface area contributed by atoms with E-state index in [4.69, 9.17) is 9.47 Å². The molecule has 0 unspecified atom stereocenters. The van der Waals surface area contributed by atoms with Crippen LogP contribution < -0.4 is 16.2 Å². The van der Waals surface area contributed by atoms with Gasteiger partial charge in [0.2, 0.25) is 0 Å². The third-order valence-electron chi connectivity index (χ3n) is 4.62. The molecule has 0 spiro atoms. The normalized spacial score (nSPS) is 12.0. The Balaban J connectivity index is 2.63. The van der Waals surface area contributed by atoms with Crippen molar-refractivity contribution in [2.75, 3.05) is 16.4 Å². The van der Waals surface area contributed by atoms with Crippen molar-refractivity contribution in [3.05, 3.63) is 34.7 Å². The van der Waals surface area contributed by atoms with Crippen molar-refractivity contribution in [1.82, 2.24) is 9.55 Å². The summed E-state index contributed by atoms with van der Waals surface area (Å²) in [6, 6.07) is 5.49. The van der Waals surface area contributed by atoms with Gasteiger partial charge in [0, 0.05) is 27.9 Å². The Morgan fingerprint density at radius 3 is 2.18 bits per heavy atom. The van der Waals surface area contributed by atoms with E-state index in [0.29, 0.717) is 22.9 Å². The van der Waals surface area contributed by atoms with E-state index in [0.717, 1.165) is 10.6 Å². The second kappa shape index (κ2) is 12.7. The van der Waals surface area contributed by atoms with Crippen LogP contribution in [0.25, 0.3) is 11.3 Å². The van der Waals surface area contributed by atoms with E-state index in [-0.39, 0.29) is 18.4 Å². The van der Waals surface area contributed by atoms with Crippen LogP contribution in [-0.2, 0) is 20.8 Å². The molecule has 0 atom stereocenters. The number of hydrogen-bond acceptors (Lipinski definition) is 8. The molecule has 210 valence electrons. The Morgan fingerprint density at radius 2 is 1.63 bits per heavy atom. The molecule has 2 aromatic rings. The van der Waals surface area contributed by atoms with E-state index < -0.39 is 28.8 Å². The molecule has 0 radical (unpaired) electrons. The predicted molar refractivity (Wildman–Crippen MR) is 154 cm³/mol. The summed E-state index contributed by atoms with van der Waals surface area (Å²) in [4.78, 5) is 44.0. The summed E-state index contributed by atoms with van der Waals surface area (Å²) >= 11 is 1.63. The number of ether oxygens (including phenoxy) is 2. The minimum Gasteiger partial charge on any atom is -0.459 e. The van der Waals surface area contributed by atoms with E-state index >= 15 is 0 Å². The van der Waals surface area contributed by atoms with E-state index in [1.54, 1.807) is 65.6 Å². The molecular formula is C28H42N4O5S. The van der Waals surface area contributed by atoms with Gasteiger partial charge in [0.25, 0.3) is 5.56 Å². The van der Waals surface area contributed by atoms with Crippen LogP contribution in [0.1, 0.15) is 69.2 Å². The summed E-state index contributed by atoms with van der Waals surface area (Å²) in [6.07, 6.45) is 0.968. The first-order valence-electron chi connectivity index (χ1n) is 12.8. The maximum absolute atomic E-state index is 13.5. The first-order chi connectivity index (χ1) is 17.4. The molecular weight excluding hydrogens is 504 g/mol. The monoisotopic (exact) mass is 546 g/mol. The molecule has 10 heteroatoms. The lowest BCUT2D eigenvalue weighted by molar-refractivity contribution is -0.155. The van der Waals surface area contributed by atoms with E-state index in [2.05, 4.69) is 29.5 Å². The van der Waals surface area contributed by atoms with Gasteiger partial charge in [-0.05, 0) is 79.5 Å². The summed E-state index contributed by atoms with van der Waals surface area (Å²) in [5, 5.41) is 5.84. The minimum atomic E-state index is -0.704. The van der Waals surface area contributed by atoms with Gasteiger partial charge in [0.15, 0.2) is 5.82 Å². The number of nitrogens with zero attached hydrogens (tertiary/aromatic N) is 2. The first kappa shape index (κ1) is 31.2. The minimum absolute atomic E-state index is 0.0311. The van der Waals surface area contributed by atoms with Gasteiger partial charge in [-0.15, -0.1) is 11.8 Å². The number of carbonyl (C=O) groups is 2. The summed E-state index contributed by atoms with van der Waals surface area (Å²) < 4.78 is 12.3. The number of carbonyl (C=O) groups excluding carboxylic acids is 2. The van der Waals surface area contributed by atoms with Crippen molar-refractivity contribution in [2.45, 2.75) is 97.9 Å². The van der Waals surface area contributed by atoms with Crippen molar-refractivity contribution in [1.29, 1.82) is 0 Å². The number of benzene rings is 1. The van der Waals surface area contributed by atoms with Crippen LogP contribution in [0.5, 0.6) is 0 Å². The van der Waals surface area contributed by atoms with Gasteiger partial charge in [-0.2, -0.15) is 0 Å². The molecule has 0 saturated carbocycles. The van der Waals surface area contributed by atoms with Gasteiger partial charge >= 0.3 is 12.1 Å². The standard InChI is InChI=1S/C28H42N4O5S/c1-17(2)16-38-21-12-19(11-20(13-21)31-26(35)37-28(8,9)10)22-14-29-24(30-18(3)4)25(34)32(22)15-23(33)36-27(5,6)7/h11-14,17-18H,15-16H2,1-10H3,(H,29,30)(H,31,35). The van der Waals surface area contributed by atoms with Crippen LogP contribution >= 0.6 is 11.8 Å². The Hall–Kier alpha value is -3.01. The van der Waals surface area contributed by atoms with Crippen LogP contribution in [0.4, 0.5) is 16.3 Å². The summed E-state index contributed by atoms with van der Waals surface area (Å²) in [5.74, 6) is 0.902. The highest BCUT2D eigenvalue weighted by Gasteiger charge is 2.22. The first-order valence-corrected chi connectivity index (χ1v) is 13.8. The van der Waals surface area contributed by atoms with Gasteiger partial charge in [0.05, 0.1) is 11.9 Å². The quantitative estimate of drug-likeness (QED) is 0.284. The highest BCUT2D eigenvalue weighted by molar-refractivity contribution is 7.99. The smallest absolute Gasteiger partial charge is 0.412 e. The van der Waals surface area contributed by atoms with E-state index in [1.807, 2.05) is 26.0 Å². The average Bonchev–Trinajstić information content (AvgIpc) is 2.72. The lowest BCUT2D eigenvalue weighted by Gasteiger charge is -2.22. The number of esters is 1. The molecule has 0 aliphatic heterocycles. The van der Waals surface area contributed by atoms with Gasteiger partial charge in [0.1, 0.15) is 17.7 Å². The molecule has 0 bridgehead atoms. The number of thioether (sulfide) groups is 1. The van der Waals surface area contributed by atoms with Gasteiger partial charge in [-0.1, -0.05) is 13.8 Å². The van der Waals surface area contributed by atoms with E-state index in [1.165, 1.54) is 4.57 Å². The fourth-order valence-corrected chi connectivity index (χ4v) is 4.28. The Labute approximate surface area is 230 Å². The Kier molecular flexibility index (Phi) is 10.4. The SMILES string of the molecule is CC(C)CSc1cc(NC(=O)OC(C)(C)C)cc(-c2cnc(NC(C)C)c(=O)n2CC(=O)OC(C)(C)C)c1. The van der Waals surface area contributed by atoms with Crippen LogP contribution in [0.3, 0.4) is 0 Å². The maximum Gasteiger partial charge on any atom is 0.412 e. The average molecular weight is 547 g/mol. The predicted octanol–water partition coefficient (Wildman–Crippen LogP) is 6.17. The number of nitrogens with one attached hydrogen (secondary N) is 2. The largest absolute Gasteiger partial charge is 0.459 e. The van der Waals surface area contributed by atoms with E-state index in [9.17, 15) is 14.4 Å². The molecule has 2 N–H and O–H groups in total. The number of rotatable bonds is 9. The lowest BCUT2D eigenvalue weighted by atomic mass is 10.1. The molecule has 1 amide bonds. The van der Waals surface area contributed by atoms with Crippen molar-refractivity contribution in [3.8, 4) is 11.3 Å². The fourth-order valence-electron chi connectivity index (χ4n) is 3.34. The molecule has 0 aliphatic rings. The number of hydrogen-bond donors (Lipinski definition) is 2. The second-order valence-electron chi connectivity index (χ2n) is 11.8. The van der Waals surface area contributed by atoms with Crippen LogP contribution in [-0.4, -0.2) is 44.6 Å². The molecule has 2 rings (SSSR count). The van der Waals surface area contributed by atoms with Gasteiger partial charge in [-0.3, -0.25) is 19.5 Å². The third kappa shape index (κ3) is 10.4. The molecule has 1 aromatic heterocycles. The summed E-state index contributed by atoms with van der Waals surface area (Å²) in [7, 11) is 0. The van der Waals surface area contributed by atoms with Crippen molar-refractivity contribution >= 4 is 35.3 Å². The summed E-state index contributed by atoms with van der Waals surface area (Å²) in [5.41, 5.74) is -0.255. The van der Waals surface area contributed by atoms with Crippen LogP contribution in [0.2, 0.25) is 0 Å². The zero-order valence-electron chi connectivity index (χ0n) is 24.2. The molecule has 1 heterocycles. The molecule has 0 fully saturated rings. The lowest BCUT2D eigenvalue weighted by Crippen LogP contribution is -2.33. The molecule has 0 saturated heterocycles. The Morgan fingerprint density at radius 1 is 1.00 bits per heavy atom. The molecule has 9 nitrogen and oxygen atoms in total. The van der Waals surface area contributed by atoms with Gasteiger partial charge in [-0.25, -0.2) is 9.78 Å². The topological polar surface area (TPSA) is 112 Å². The second-order valence-corrected chi connectivity index (χ2v) is 12.9. The molecule has 1 aromatic carbocycles. The molecule has 0 aliphatic carbocycles. The highest BCUT2D eigenvalue weighted by atomic mass is 32.2.